The zero-order chi connectivity index (χ0) is 19.1. The Bertz CT molecular complexity index is 927. The van der Waals surface area contributed by atoms with Crippen molar-refractivity contribution in [2.75, 3.05) is 51.8 Å². The Hall–Kier alpha value is -1.60. The molecule has 1 aromatic carbocycles. The highest BCUT2D eigenvalue weighted by atomic mass is 35.5. The molecule has 1 atom stereocenters. The Kier molecular flexibility index (Phi) is 5.16. The summed E-state index contributed by atoms with van der Waals surface area (Å²) in [7, 11) is 3.86. The maximum absolute atomic E-state index is 12.5. The van der Waals surface area contributed by atoms with Crippen LogP contribution in [0.15, 0.2) is 15.3 Å². The number of aryl methyl sites for hydroxylation is 1. The van der Waals surface area contributed by atoms with Gasteiger partial charge in [0.1, 0.15) is 5.58 Å². The zero-order valence-electron chi connectivity index (χ0n) is 16.1. The van der Waals surface area contributed by atoms with Crippen LogP contribution in [0.25, 0.3) is 11.0 Å². The maximum atomic E-state index is 12.5. The normalized spacial score (nSPS) is 20.9. The van der Waals surface area contributed by atoms with Gasteiger partial charge < -0.3 is 19.4 Å². The Morgan fingerprint density at radius 3 is 2.96 bits per heavy atom. The third-order valence-electron chi connectivity index (χ3n) is 5.89. The summed E-state index contributed by atoms with van der Waals surface area (Å²) in [5.74, 6) is 0. The molecule has 0 unspecified atom stereocenters. The van der Waals surface area contributed by atoms with Crippen molar-refractivity contribution < 1.29 is 9.15 Å². The van der Waals surface area contributed by atoms with Crippen LogP contribution in [0.1, 0.15) is 16.7 Å². The van der Waals surface area contributed by atoms with Crippen molar-refractivity contribution in [3.8, 4) is 0 Å². The molecule has 0 amide bonds. The number of ether oxygens (including phenoxy) is 1. The molecule has 0 spiro atoms. The molecule has 1 saturated heterocycles. The van der Waals surface area contributed by atoms with E-state index >= 15 is 0 Å². The van der Waals surface area contributed by atoms with Crippen LogP contribution in [0, 0.1) is 6.92 Å². The van der Waals surface area contributed by atoms with E-state index in [9.17, 15) is 4.79 Å². The number of benzene rings is 1. The molecular formula is C20H26ClN3O3. The Labute approximate surface area is 164 Å². The molecule has 0 radical (unpaired) electrons. The Balaban J connectivity index is 1.82. The second-order valence-corrected chi connectivity index (χ2v) is 7.92. The van der Waals surface area contributed by atoms with Crippen molar-refractivity contribution in [3.05, 3.63) is 38.2 Å². The number of nitrogens with zero attached hydrogens (tertiary/aromatic N) is 2. The van der Waals surface area contributed by atoms with Gasteiger partial charge in [-0.1, -0.05) is 11.6 Å². The lowest BCUT2D eigenvalue weighted by Gasteiger charge is -2.41. The van der Waals surface area contributed by atoms with E-state index < -0.39 is 0 Å². The summed E-state index contributed by atoms with van der Waals surface area (Å²) in [4.78, 5) is 17.2. The number of fused-ring (bicyclic) bond motifs is 3. The van der Waals surface area contributed by atoms with Gasteiger partial charge in [-0.3, -0.25) is 4.90 Å². The Morgan fingerprint density at radius 2 is 2.19 bits per heavy atom. The quantitative estimate of drug-likeness (QED) is 0.809. The van der Waals surface area contributed by atoms with Crippen LogP contribution in [-0.4, -0.2) is 57.9 Å². The first-order valence-corrected chi connectivity index (χ1v) is 9.81. The van der Waals surface area contributed by atoms with Crippen LogP contribution in [0.5, 0.6) is 0 Å². The standard InChI is InChI=1S/C20H26ClN3O3/c1-12-17(24-7-6-23(2)13(10-24)11-26-3)8-16(21)18-14-4-5-22-9-15(14)20(25)27-19(12)18/h8,13,22H,4-7,9-11H2,1-3H3/t13-/m1/s1. The van der Waals surface area contributed by atoms with Gasteiger partial charge in [0.15, 0.2) is 0 Å². The molecule has 2 aliphatic rings. The van der Waals surface area contributed by atoms with Gasteiger partial charge >= 0.3 is 5.63 Å². The number of halogens is 1. The average Bonchev–Trinajstić information content (AvgIpc) is 2.66. The van der Waals surface area contributed by atoms with Crippen LogP contribution in [0.4, 0.5) is 5.69 Å². The molecule has 27 heavy (non-hydrogen) atoms. The van der Waals surface area contributed by atoms with Crippen LogP contribution < -0.4 is 15.8 Å². The summed E-state index contributed by atoms with van der Waals surface area (Å²) in [5.41, 5.74) is 4.15. The molecule has 1 fully saturated rings. The highest BCUT2D eigenvalue weighted by Crippen LogP contribution is 2.37. The molecular weight excluding hydrogens is 366 g/mol. The summed E-state index contributed by atoms with van der Waals surface area (Å²) in [6, 6.07) is 2.36. The van der Waals surface area contributed by atoms with Gasteiger partial charge in [0.05, 0.1) is 23.2 Å². The SMILES string of the molecule is COC[C@H]1CN(c2cc(Cl)c3c4c(c(=O)oc3c2C)CNCC4)CCN1C. The number of hydrogen-bond acceptors (Lipinski definition) is 6. The molecule has 0 aliphatic carbocycles. The monoisotopic (exact) mass is 391 g/mol. The molecule has 1 N–H and O–H groups in total. The second-order valence-electron chi connectivity index (χ2n) is 7.52. The fourth-order valence-electron chi connectivity index (χ4n) is 4.30. The summed E-state index contributed by atoms with van der Waals surface area (Å²) >= 11 is 6.72. The van der Waals surface area contributed by atoms with Crippen LogP contribution in [0.3, 0.4) is 0 Å². The van der Waals surface area contributed by atoms with Crippen LogP contribution in [0.2, 0.25) is 5.02 Å². The fraction of sp³-hybridized carbons (Fsp3) is 0.550. The molecule has 6 nitrogen and oxygen atoms in total. The lowest BCUT2D eigenvalue weighted by molar-refractivity contribution is 0.0987. The molecule has 2 aromatic rings. The van der Waals surface area contributed by atoms with Gasteiger partial charge in [-0.25, -0.2) is 4.79 Å². The first-order valence-electron chi connectivity index (χ1n) is 9.43. The topological polar surface area (TPSA) is 58.0 Å². The van der Waals surface area contributed by atoms with Crippen molar-refractivity contribution in [1.29, 1.82) is 0 Å². The lowest BCUT2D eigenvalue weighted by atomic mass is 9.96. The van der Waals surface area contributed by atoms with Gasteiger partial charge in [-0.2, -0.15) is 0 Å². The minimum atomic E-state index is -0.253. The van der Waals surface area contributed by atoms with Crippen molar-refractivity contribution in [2.24, 2.45) is 0 Å². The maximum Gasteiger partial charge on any atom is 0.341 e. The number of methoxy groups -OCH3 is 1. The van der Waals surface area contributed by atoms with Crippen LogP contribution in [-0.2, 0) is 17.7 Å². The number of rotatable bonds is 3. The fourth-order valence-corrected chi connectivity index (χ4v) is 4.60. The third kappa shape index (κ3) is 3.25. The summed E-state index contributed by atoms with van der Waals surface area (Å²) in [5, 5.41) is 4.80. The predicted octanol–water partition coefficient (Wildman–Crippen LogP) is 2.17. The van der Waals surface area contributed by atoms with Gasteiger partial charge in [0.25, 0.3) is 0 Å². The number of piperazine rings is 1. The third-order valence-corrected chi connectivity index (χ3v) is 6.19. The van der Waals surface area contributed by atoms with Crippen molar-refractivity contribution >= 4 is 28.3 Å². The van der Waals surface area contributed by atoms with Gasteiger partial charge in [-0.05, 0) is 38.6 Å². The molecule has 0 saturated carbocycles. The second kappa shape index (κ2) is 7.43. The summed E-state index contributed by atoms with van der Waals surface area (Å²) in [6.07, 6.45) is 0.792. The zero-order valence-corrected chi connectivity index (χ0v) is 16.9. The number of anilines is 1. The van der Waals surface area contributed by atoms with Gasteiger partial charge in [0, 0.05) is 49.9 Å². The minimum Gasteiger partial charge on any atom is -0.422 e. The first-order chi connectivity index (χ1) is 13.0. The minimum absolute atomic E-state index is 0.253. The average molecular weight is 392 g/mol. The van der Waals surface area contributed by atoms with Crippen LogP contribution >= 0.6 is 11.6 Å². The smallest absolute Gasteiger partial charge is 0.341 e. The molecule has 4 rings (SSSR count). The van der Waals surface area contributed by atoms with E-state index in [1.165, 1.54) is 0 Å². The summed E-state index contributed by atoms with van der Waals surface area (Å²) < 4.78 is 11.1. The van der Waals surface area contributed by atoms with E-state index in [0.29, 0.717) is 35.4 Å². The highest BCUT2D eigenvalue weighted by molar-refractivity contribution is 6.36. The molecule has 146 valence electrons. The van der Waals surface area contributed by atoms with Crippen molar-refractivity contribution in [1.82, 2.24) is 10.2 Å². The number of hydrogen-bond donors (Lipinski definition) is 1. The van der Waals surface area contributed by atoms with E-state index in [-0.39, 0.29) is 5.63 Å². The highest BCUT2D eigenvalue weighted by Gasteiger charge is 2.28. The van der Waals surface area contributed by atoms with E-state index in [4.69, 9.17) is 20.8 Å². The van der Waals surface area contributed by atoms with Crippen molar-refractivity contribution in [2.45, 2.75) is 25.9 Å². The first kappa shape index (κ1) is 18.7. The van der Waals surface area contributed by atoms with Crippen molar-refractivity contribution in [3.63, 3.8) is 0 Å². The molecule has 2 aliphatic heterocycles. The number of likely N-dealkylation sites (N-methyl/N-ethyl adjacent to an activating group) is 1. The lowest BCUT2D eigenvalue weighted by Crippen LogP contribution is -2.53. The Morgan fingerprint density at radius 1 is 1.37 bits per heavy atom. The van der Waals surface area contributed by atoms with Gasteiger partial charge in [0.2, 0.25) is 0 Å². The largest absolute Gasteiger partial charge is 0.422 e. The van der Waals surface area contributed by atoms with E-state index in [1.54, 1.807) is 7.11 Å². The molecule has 3 heterocycles. The predicted molar refractivity (Wildman–Crippen MR) is 108 cm³/mol. The van der Waals surface area contributed by atoms with E-state index in [1.807, 2.05) is 13.0 Å². The molecule has 0 bridgehead atoms. The summed E-state index contributed by atoms with van der Waals surface area (Å²) in [6.45, 7) is 6.80. The molecule has 7 heteroatoms. The van der Waals surface area contributed by atoms with Gasteiger partial charge in [-0.15, -0.1) is 0 Å². The van der Waals surface area contributed by atoms with E-state index in [2.05, 4.69) is 22.2 Å². The number of nitrogens with one attached hydrogen (secondary N) is 1. The van der Waals surface area contributed by atoms with E-state index in [0.717, 1.165) is 54.8 Å². The molecule has 1 aromatic heterocycles.